The number of aliphatic hydroxyl groups excluding tert-OH is 1. The number of halogens is 1. The Morgan fingerprint density at radius 1 is 1.47 bits per heavy atom. The van der Waals surface area contributed by atoms with Crippen LogP contribution >= 0.6 is 0 Å². The molecule has 1 aliphatic rings. The fraction of sp³-hybridized carbons (Fsp3) is 0.400. The molecule has 2 rings (SSSR count). The van der Waals surface area contributed by atoms with Gasteiger partial charge < -0.3 is 10.4 Å². The van der Waals surface area contributed by atoms with Gasteiger partial charge >= 0.3 is 0 Å². The first-order chi connectivity index (χ1) is 9.15. The molecule has 0 bridgehead atoms. The van der Waals surface area contributed by atoms with Crippen LogP contribution in [-0.4, -0.2) is 17.1 Å². The summed E-state index contributed by atoms with van der Waals surface area (Å²) in [5.74, 6) is -0.605. The first-order valence-electron chi connectivity index (χ1n) is 6.53. The molecule has 3 nitrogen and oxygen atoms in total. The van der Waals surface area contributed by atoms with Crippen molar-refractivity contribution in [1.82, 2.24) is 5.32 Å². The van der Waals surface area contributed by atoms with Crippen LogP contribution in [0.25, 0.3) is 0 Å². The topological polar surface area (TPSA) is 49.3 Å². The lowest BCUT2D eigenvalue weighted by molar-refractivity contribution is -0.123. The Labute approximate surface area is 112 Å². The maximum atomic E-state index is 13.0. The van der Waals surface area contributed by atoms with Crippen molar-refractivity contribution >= 4 is 5.91 Å². The van der Waals surface area contributed by atoms with Gasteiger partial charge in [-0.15, -0.1) is 0 Å². The highest BCUT2D eigenvalue weighted by Gasteiger charge is 2.17. The zero-order valence-corrected chi connectivity index (χ0v) is 10.7. The fourth-order valence-electron chi connectivity index (χ4n) is 2.22. The van der Waals surface area contributed by atoms with Crippen molar-refractivity contribution in [1.29, 1.82) is 0 Å². The second-order valence-electron chi connectivity index (χ2n) is 4.82. The zero-order valence-electron chi connectivity index (χ0n) is 10.7. The number of allylic oxidation sites excluding steroid dienone is 1. The number of hydrogen-bond acceptors (Lipinski definition) is 2. The van der Waals surface area contributed by atoms with Gasteiger partial charge in [0.05, 0.1) is 12.5 Å². The van der Waals surface area contributed by atoms with E-state index in [-0.39, 0.29) is 18.4 Å². The minimum atomic E-state index is -0.963. The third-order valence-electron chi connectivity index (χ3n) is 3.25. The molecule has 0 saturated heterocycles. The van der Waals surface area contributed by atoms with Crippen molar-refractivity contribution in [3.8, 4) is 0 Å². The summed E-state index contributed by atoms with van der Waals surface area (Å²) in [5.41, 5.74) is 0.429. The quantitative estimate of drug-likeness (QED) is 0.820. The van der Waals surface area contributed by atoms with E-state index < -0.39 is 11.9 Å². The summed E-state index contributed by atoms with van der Waals surface area (Å²) in [5, 5.41) is 12.8. The average molecular weight is 263 g/mol. The van der Waals surface area contributed by atoms with Gasteiger partial charge in [0, 0.05) is 6.04 Å². The Bertz CT molecular complexity index is 473. The van der Waals surface area contributed by atoms with Gasteiger partial charge in [0.15, 0.2) is 0 Å². The van der Waals surface area contributed by atoms with E-state index in [0.29, 0.717) is 5.56 Å². The molecule has 2 unspecified atom stereocenters. The van der Waals surface area contributed by atoms with Gasteiger partial charge in [-0.2, -0.15) is 0 Å². The molecule has 0 aliphatic heterocycles. The highest BCUT2D eigenvalue weighted by Crippen LogP contribution is 2.18. The summed E-state index contributed by atoms with van der Waals surface area (Å²) in [7, 11) is 0. The van der Waals surface area contributed by atoms with Crippen LogP contribution in [0.4, 0.5) is 4.39 Å². The molecule has 1 amide bonds. The molecule has 1 aromatic rings. The van der Waals surface area contributed by atoms with Crippen LogP contribution in [0.5, 0.6) is 0 Å². The predicted octanol–water partition coefficient (Wildman–Crippen LogP) is 2.47. The van der Waals surface area contributed by atoms with E-state index in [2.05, 4.69) is 17.5 Å². The molecule has 2 atom stereocenters. The number of hydrogen-bond donors (Lipinski definition) is 2. The van der Waals surface area contributed by atoms with Crippen molar-refractivity contribution in [3.63, 3.8) is 0 Å². The second-order valence-corrected chi connectivity index (χ2v) is 4.82. The lowest BCUT2D eigenvalue weighted by Gasteiger charge is -2.20. The summed E-state index contributed by atoms with van der Waals surface area (Å²) in [4.78, 5) is 11.8. The van der Waals surface area contributed by atoms with Gasteiger partial charge in [0.2, 0.25) is 5.91 Å². The van der Waals surface area contributed by atoms with Crippen molar-refractivity contribution in [2.24, 2.45) is 0 Å². The molecule has 4 heteroatoms. The monoisotopic (exact) mass is 263 g/mol. The molecule has 19 heavy (non-hydrogen) atoms. The van der Waals surface area contributed by atoms with E-state index in [1.165, 1.54) is 18.2 Å². The zero-order chi connectivity index (χ0) is 13.7. The van der Waals surface area contributed by atoms with Gasteiger partial charge in [-0.25, -0.2) is 4.39 Å². The van der Waals surface area contributed by atoms with Gasteiger partial charge in [-0.3, -0.25) is 4.79 Å². The van der Waals surface area contributed by atoms with Crippen LogP contribution in [0.1, 0.15) is 37.4 Å². The molecule has 102 valence electrons. The third kappa shape index (κ3) is 4.17. The summed E-state index contributed by atoms with van der Waals surface area (Å²) >= 11 is 0. The van der Waals surface area contributed by atoms with Gasteiger partial charge in [0.25, 0.3) is 0 Å². The number of carbonyl (C=O) groups excluding carboxylic acids is 1. The Balaban J connectivity index is 1.86. The molecule has 0 spiro atoms. The SMILES string of the molecule is O=C(CC(O)c1cccc(F)c1)NC1CC=CCC1. The minimum Gasteiger partial charge on any atom is -0.388 e. The van der Waals surface area contributed by atoms with E-state index in [0.717, 1.165) is 19.3 Å². The molecule has 0 fully saturated rings. The lowest BCUT2D eigenvalue weighted by atomic mass is 10.0. The van der Waals surface area contributed by atoms with Crippen molar-refractivity contribution in [2.75, 3.05) is 0 Å². The van der Waals surface area contributed by atoms with Crippen LogP contribution in [0, 0.1) is 5.82 Å². The predicted molar refractivity (Wildman–Crippen MR) is 70.9 cm³/mol. The van der Waals surface area contributed by atoms with Crippen molar-refractivity contribution in [3.05, 3.63) is 47.8 Å². The second kappa shape index (κ2) is 6.48. The largest absolute Gasteiger partial charge is 0.388 e. The van der Waals surface area contributed by atoms with Crippen LogP contribution in [0.15, 0.2) is 36.4 Å². The number of benzene rings is 1. The van der Waals surface area contributed by atoms with Gasteiger partial charge in [0.1, 0.15) is 5.82 Å². The van der Waals surface area contributed by atoms with E-state index in [1.54, 1.807) is 6.07 Å². The van der Waals surface area contributed by atoms with E-state index in [4.69, 9.17) is 0 Å². The number of amides is 1. The highest BCUT2D eigenvalue weighted by atomic mass is 19.1. The smallest absolute Gasteiger partial charge is 0.223 e. The third-order valence-corrected chi connectivity index (χ3v) is 3.25. The molecule has 0 aromatic heterocycles. The summed E-state index contributed by atoms with van der Waals surface area (Å²) < 4.78 is 13.0. The number of rotatable bonds is 4. The number of carbonyl (C=O) groups is 1. The molecule has 1 aromatic carbocycles. The Hall–Kier alpha value is -1.68. The summed E-state index contributed by atoms with van der Waals surface area (Å²) in [6.07, 6.45) is 5.89. The van der Waals surface area contributed by atoms with Crippen LogP contribution in [-0.2, 0) is 4.79 Å². The summed E-state index contributed by atoms with van der Waals surface area (Å²) in [6.45, 7) is 0. The molecule has 0 heterocycles. The Kier molecular flexibility index (Phi) is 4.68. The Morgan fingerprint density at radius 3 is 3.00 bits per heavy atom. The van der Waals surface area contributed by atoms with Crippen LogP contribution in [0.2, 0.25) is 0 Å². The van der Waals surface area contributed by atoms with E-state index >= 15 is 0 Å². The first kappa shape index (κ1) is 13.7. The molecule has 1 aliphatic carbocycles. The average Bonchev–Trinajstić information content (AvgIpc) is 2.39. The molecular weight excluding hydrogens is 245 g/mol. The van der Waals surface area contributed by atoms with Crippen LogP contribution in [0.3, 0.4) is 0 Å². The maximum Gasteiger partial charge on any atom is 0.223 e. The molecular formula is C15H18FNO2. The van der Waals surface area contributed by atoms with Crippen LogP contribution < -0.4 is 5.32 Å². The lowest BCUT2D eigenvalue weighted by Crippen LogP contribution is -2.35. The number of nitrogens with one attached hydrogen (secondary N) is 1. The summed E-state index contributed by atoms with van der Waals surface area (Å²) in [6, 6.07) is 5.85. The van der Waals surface area contributed by atoms with Gasteiger partial charge in [-0.1, -0.05) is 24.3 Å². The van der Waals surface area contributed by atoms with Gasteiger partial charge in [-0.05, 0) is 37.0 Å². The van der Waals surface area contributed by atoms with E-state index in [1.807, 2.05) is 0 Å². The standard InChI is InChI=1S/C15H18FNO2/c16-12-6-4-5-11(9-12)14(18)10-15(19)17-13-7-2-1-3-8-13/h1-2,4-6,9,13-14,18H,3,7-8,10H2,(H,17,19). The molecule has 0 radical (unpaired) electrons. The number of aliphatic hydroxyl groups is 1. The maximum absolute atomic E-state index is 13.0. The minimum absolute atomic E-state index is 0.0380. The first-order valence-corrected chi connectivity index (χ1v) is 6.53. The highest BCUT2D eigenvalue weighted by molar-refractivity contribution is 5.77. The molecule has 0 saturated carbocycles. The van der Waals surface area contributed by atoms with E-state index in [9.17, 15) is 14.3 Å². The molecule has 2 N–H and O–H groups in total. The van der Waals surface area contributed by atoms with Crippen molar-refractivity contribution < 1.29 is 14.3 Å². The Morgan fingerprint density at radius 2 is 2.32 bits per heavy atom. The fourth-order valence-corrected chi connectivity index (χ4v) is 2.22. The normalized spacial score (nSPS) is 20.0. The van der Waals surface area contributed by atoms with Crippen molar-refractivity contribution in [2.45, 2.75) is 37.8 Å².